The molecule has 0 saturated carbocycles. The Hall–Kier alpha value is -3.43. The monoisotopic (exact) mass is 450 g/mol. The van der Waals surface area contributed by atoms with Crippen molar-refractivity contribution in [2.75, 3.05) is 36.5 Å². The summed E-state index contributed by atoms with van der Waals surface area (Å²) >= 11 is 1.62. The Morgan fingerprint density at radius 1 is 1.12 bits per heavy atom. The summed E-state index contributed by atoms with van der Waals surface area (Å²) in [6.07, 6.45) is 0. The molecule has 1 amide bonds. The summed E-state index contributed by atoms with van der Waals surface area (Å²) in [4.78, 5) is 32.0. The minimum atomic E-state index is -0.722. The van der Waals surface area contributed by atoms with Gasteiger partial charge in [-0.25, -0.2) is 9.78 Å². The van der Waals surface area contributed by atoms with Crippen molar-refractivity contribution in [3.05, 3.63) is 64.5 Å². The fraction of sp³-hybridized carbons (Fsp3) is 0.261. The average molecular weight is 451 g/mol. The van der Waals surface area contributed by atoms with E-state index in [1.54, 1.807) is 42.5 Å². The van der Waals surface area contributed by atoms with Crippen molar-refractivity contribution in [1.29, 1.82) is 0 Å². The SMILES string of the molecule is C[C@@H](C(=O)Nc1ccc(-c2csc(N3CCOCC3)n2)cc1)n1c(=O)oc2ccccc21. The van der Waals surface area contributed by atoms with Crippen LogP contribution in [-0.2, 0) is 9.53 Å². The quantitative estimate of drug-likeness (QED) is 0.498. The predicted molar refractivity (Wildman–Crippen MR) is 124 cm³/mol. The van der Waals surface area contributed by atoms with Crippen LogP contribution in [0.4, 0.5) is 10.8 Å². The molecular weight excluding hydrogens is 428 g/mol. The number of anilines is 2. The largest absolute Gasteiger partial charge is 0.420 e. The van der Waals surface area contributed by atoms with Gasteiger partial charge in [-0.3, -0.25) is 9.36 Å². The lowest BCUT2D eigenvalue weighted by atomic mass is 10.1. The molecule has 8 nitrogen and oxygen atoms in total. The molecule has 32 heavy (non-hydrogen) atoms. The van der Waals surface area contributed by atoms with Crippen LogP contribution in [0.15, 0.2) is 63.1 Å². The highest BCUT2D eigenvalue weighted by molar-refractivity contribution is 7.14. The van der Waals surface area contributed by atoms with Gasteiger partial charge in [0.05, 0.1) is 24.4 Å². The number of amides is 1. The van der Waals surface area contributed by atoms with E-state index in [-0.39, 0.29) is 5.91 Å². The van der Waals surface area contributed by atoms with Crippen molar-refractivity contribution in [2.45, 2.75) is 13.0 Å². The fourth-order valence-corrected chi connectivity index (χ4v) is 4.62. The van der Waals surface area contributed by atoms with Crippen LogP contribution in [0.3, 0.4) is 0 Å². The number of carbonyl (C=O) groups is 1. The van der Waals surface area contributed by atoms with Crippen molar-refractivity contribution >= 4 is 39.2 Å². The summed E-state index contributed by atoms with van der Waals surface area (Å²) in [5.41, 5.74) is 3.58. The van der Waals surface area contributed by atoms with Crippen LogP contribution in [0.5, 0.6) is 0 Å². The maximum absolute atomic E-state index is 12.8. The van der Waals surface area contributed by atoms with Crippen LogP contribution in [0.2, 0.25) is 0 Å². The number of hydrogen-bond acceptors (Lipinski definition) is 7. The van der Waals surface area contributed by atoms with Gasteiger partial charge in [0, 0.05) is 29.7 Å². The lowest BCUT2D eigenvalue weighted by molar-refractivity contribution is -0.118. The number of para-hydroxylation sites is 2. The molecule has 4 aromatic rings. The van der Waals surface area contributed by atoms with Gasteiger partial charge in [0.2, 0.25) is 5.91 Å². The first kappa shape index (κ1) is 20.5. The molecule has 1 aliphatic heterocycles. The molecule has 2 aromatic heterocycles. The van der Waals surface area contributed by atoms with Crippen molar-refractivity contribution in [2.24, 2.45) is 0 Å². The van der Waals surface area contributed by atoms with E-state index in [1.807, 2.05) is 29.6 Å². The van der Waals surface area contributed by atoms with Gasteiger partial charge in [0.25, 0.3) is 0 Å². The Kier molecular flexibility index (Phi) is 5.50. The number of nitrogens with one attached hydrogen (secondary N) is 1. The lowest BCUT2D eigenvalue weighted by Gasteiger charge is -2.26. The second-order valence-corrected chi connectivity index (χ2v) is 8.40. The highest BCUT2D eigenvalue weighted by atomic mass is 32.1. The third-order valence-corrected chi connectivity index (χ3v) is 6.41. The molecule has 0 bridgehead atoms. The van der Waals surface area contributed by atoms with Gasteiger partial charge >= 0.3 is 5.76 Å². The molecule has 1 aliphatic rings. The first-order valence-corrected chi connectivity index (χ1v) is 11.3. The predicted octanol–water partition coefficient (Wildman–Crippen LogP) is 3.75. The number of oxazole rings is 1. The maximum Gasteiger partial charge on any atom is 0.420 e. The molecular formula is C23H22N4O4S. The number of morpholine rings is 1. The normalized spacial score (nSPS) is 15.1. The summed E-state index contributed by atoms with van der Waals surface area (Å²) in [6.45, 7) is 4.83. The zero-order valence-corrected chi connectivity index (χ0v) is 18.3. The highest BCUT2D eigenvalue weighted by Gasteiger charge is 2.21. The summed E-state index contributed by atoms with van der Waals surface area (Å²) in [7, 11) is 0. The second kappa shape index (κ2) is 8.60. The number of aromatic nitrogens is 2. The number of fused-ring (bicyclic) bond motifs is 1. The van der Waals surface area contributed by atoms with Crippen LogP contribution in [-0.4, -0.2) is 41.8 Å². The third kappa shape index (κ3) is 3.92. The van der Waals surface area contributed by atoms with E-state index in [1.165, 1.54) is 4.57 Å². The Morgan fingerprint density at radius 3 is 2.66 bits per heavy atom. The smallest absolute Gasteiger partial charge is 0.408 e. The Bertz CT molecular complexity index is 1300. The first-order valence-electron chi connectivity index (χ1n) is 10.4. The van der Waals surface area contributed by atoms with Gasteiger partial charge in [0.1, 0.15) is 6.04 Å². The lowest BCUT2D eigenvalue weighted by Crippen LogP contribution is -2.36. The van der Waals surface area contributed by atoms with Crippen LogP contribution in [0, 0.1) is 0 Å². The van der Waals surface area contributed by atoms with Crippen LogP contribution < -0.4 is 16.0 Å². The molecule has 1 fully saturated rings. The van der Waals surface area contributed by atoms with Gasteiger partial charge in [-0.05, 0) is 31.2 Å². The zero-order chi connectivity index (χ0) is 22.1. The zero-order valence-electron chi connectivity index (χ0n) is 17.5. The number of carbonyl (C=O) groups excluding carboxylic acids is 1. The Morgan fingerprint density at radius 2 is 1.88 bits per heavy atom. The second-order valence-electron chi connectivity index (χ2n) is 7.56. The molecule has 3 heterocycles. The van der Waals surface area contributed by atoms with E-state index in [0.717, 1.165) is 42.7 Å². The van der Waals surface area contributed by atoms with Gasteiger partial charge in [-0.15, -0.1) is 11.3 Å². The Labute approximate surface area is 188 Å². The first-order chi connectivity index (χ1) is 15.6. The third-order valence-electron chi connectivity index (χ3n) is 5.51. The van der Waals surface area contributed by atoms with Gasteiger partial charge in [0.15, 0.2) is 10.7 Å². The maximum atomic E-state index is 12.8. The summed E-state index contributed by atoms with van der Waals surface area (Å²) in [5.74, 6) is -0.849. The number of hydrogen-bond donors (Lipinski definition) is 1. The molecule has 164 valence electrons. The van der Waals surface area contributed by atoms with E-state index >= 15 is 0 Å². The molecule has 0 unspecified atom stereocenters. The van der Waals surface area contributed by atoms with E-state index in [2.05, 4.69) is 10.2 Å². The summed E-state index contributed by atoms with van der Waals surface area (Å²) in [6, 6.07) is 13.9. The minimum absolute atomic E-state index is 0.297. The molecule has 0 spiro atoms. The van der Waals surface area contributed by atoms with E-state index < -0.39 is 11.8 Å². The van der Waals surface area contributed by atoms with Crippen LogP contribution >= 0.6 is 11.3 Å². The molecule has 1 N–H and O–H groups in total. The van der Waals surface area contributed by atoms with Crippen LogP contribution in [0.25, 0.3) is 22.4 Å². The van der Waals surface area contributed by atoms with Crippen molar-refractivity contribution < 1.29 is 13.9 Å². The number of rotatable bonds is 5. The molecule has 5 rings (SSSR count). The van der Waals surface area contributed by atoms with E-state index in [0.29, 0.717) is 16.8 Å². The number of benzene rings is 2. The Balaban J connectivity index is 1.29. The minimum Gasteiger partial charge on any atom is -0.408 e. The average Bonchev–Trinajstić information content (AvgIpc) is 3.44. The molecule has 2 aromatic carbocycles. The summed E-state index contributed by atoms with van der Waals surface area (Å²) in [5, 5.41) is 5.91. The van der Waals surface area contributed by atoms with Crippen LogP contribution in [0.1, 0.15) is 13.0 Å². The molecule has 9 heteroatoms. The number of ether oxygens (including phenoxy) is 1. The number of thiazole rings is 1. The van der Waals surface area contributed by atoms with Crippen molar-refractivity contribution in [3.8, 4) is 11.3 Å². The highest BCUT2D eigenvalue weighted by Crippen LogP contribution is 2.29. The van der Waals surface area contributed by atoms with Gasteiger partial charge < -0.3 is 19.4 Å². The summed E-state index contributed by atoms with van der Waals surface area (Å²) < 4.78 is 12.0. The van der Waals surface area contributed by atoms with E-state index in [9.17, 15) is 9.59 Å². The molecule has 1 saturated heterocycles. The van der Waals surface area contributed by atoms with Crippen molar-refractivity contribution in [3.63, 3.8) is 0 Å². The van der Waals surface area contributed by atoms with E-state index in [4.69, 9.17) is 14.1 Å². The molecule has 0 radical (unpaired) electrons. The molecule has 0 aliphatic carbocycles. The fourth-order valence-electron chi connectivity index (χ4n) is 3.74. The topological polar surface area (TPSA) is 89.6 Å². The van der Waals surface area contributed by atoms with Gasteiger partial charge in [-0.2, -0.15) is 0 Å². The number of nitrogens with zero attached hydrogens (tertiary/aromatic N) is 3. The van der Waals surface area contributed by atoms with Crippen molar-refractivity contribution in [1.82, 2.24) is 9.55 Å². The standard InChI is InChI=1S/C23H22N4O4S/c1-15(27-19-4-2-3-5-20(19)31-23(27)29)21(28)24-17-8-6-16(7-9-17)18-14-32-22(25-18)26-10-12-30-13-11-26/h2-9,14-15H,10-13H2,1H3,(H,24,28)/t15-/m0/s1. The van der Waals surface area contributed by atoms with Gasteiger partial charge in [-0.1, -0.05) is 24.3 Å². The molecule has 1 atom stereocenters.